The van der Waals surface area contributed by atoms with Crippen molar-refractivity contribution < 1.29 is 17.9 Å². The molecule has 0 rings (SSSR count). The molecule has 0 amide bonds. The van der Waals surface area contributed by atoms with Gasteiger partial charge in [0.15, 0.2) is 0 Å². The van der Waals surface area contributed by atoms with Crippen molar-refractivity contribution in [2.24, 2.45) is 5.14 Å². The smallest absolute Gasteiger partial charge is 0.331 e. The van der Waals surface area contributed by atoms with E-state index in [4.69, 9.17) is 0 Å². The lowest BCUT2D eigenvalue weighted by Gasteiger charge is -1.87. The Bertz CT molecular complexity index is 240. The van der Waals surface area contributed by atoms with Crippen LogP contribution in [0.2, 0.25) is 0 Å². The molecule has 0 aromatic carbocycles. The van der Waals surface area contributed by atoms with Gasteiger partial charge in [0.1, 0.15) is 0 Å². The molecule has 10 heavy (non-hydrogen) atoms. The fourth-order valence-corrected chi connectivity index (χ4v) is 0.519. The van der Waals surface area contributed by atoms with Crippen LogP contribution >= 0.6 is 0 Å². The molecule has 0 aromatic heterocycles. The van der Waals surface area contributed by atoms with E-state index >= 15 is 0 Å². The Morgan fingerprint density at radius 1 is 1.60 bits per heavy atom. The second kappa shape index (κ2) is 3.33. The van der Waals surface area contributed by atoms with Gasteiger partial charge in [0.05, 0.1) is 12.5 Å². The number of carbonyl (C=O) groups is 1. The third-order valence-corrected chi connectivity index (χ3v) is 1.11. The highest BCUT2D eigenvalue weighted by molar-refractivity contribution is 7.92. The summed E-state index contributed by atoms with van der Waals surface area (Å²) >= 11 is 0. The first-order valence-corrected chi connectivity index (χ1v) is 3.85. The number of nitrogens with two attached hydrogens (primary N) is 1. The van der Waals surface area contributed by atoms with E-state index in [-0.39, 0.29) is 0 Å². The summed E-state index contributed by atoms with van der Waals surface area (Å²) in [5, 5.41) is 5.08. The molecule has 2 N–H and O–H groups in total. The number of hydrogen-bond acceptors (Lipinski definition) is 4. The molecule has 5 nitrogen and oxygen atoms in total. The van der Waals surface area contributed by atoms with Crippen LogP contribution < -0.4 is 5.14 Å². The van der Waals surface area contributed by atoms with E-state index in [2.05, 4.69) is 9.88 Å². The number of sulfonamides is 1. The molecule has 0 bridgehead atoms. The lowest BCUT2D eigenvalue weighted by molar-refractivity contribution is -0.134. The molecule has 0 aliphatic carbocycles. The first kappa shape index (κ1) is 9.12. The van der Waals surface area contributed by atoms with Gasteiger partial charge < -0.3 is 4.74 Å². The fourth-order valence-electron chi connectivity index (χ4n) is 0.218. The van der Waals surface area contributed by atoms with Crippen molar-refractivity contribution in [3.8, 4) is 0 Å². The topological polar surface area (TPSA) is 86.5 Å². The minimum Gasteiger partial charge on any atom is -0.466 e. The normalized spacial score (nSPS) is 11.8. The number of esters is 1. The molecule has 0 radical (unpaired) electrons. The van der Waals surface area contributed by atoms with E-state index in [1.807, 2.05) is 0 Å². The Balaban J connectivity index is 4.15. The van der Waals surface area contributed by atoms with Gasteiger partial charge in [-0.15, -0.1) is 0 Å². The highest BCUT2D eigenvalue weighted by Gasteiger charge is 1.96. The first-order valence-electron chi connectivity index (χ1n) is 2.24. The van der Waals surface area contributed by atoms with Crippen LogP contribution in [0.1, 0.15) is 0 Å². The summed E-state index contributed by atoms with van der Waals surface area (Å²) in [5.74, 6) is -0.756. The second-order valence-corrected chi connectivity index (χ2v) is 2.87. The highest BCUT2D eigenvalue weighted by atomic mass is 32.2. The molecule has 0 atom stereocenters. The van der Waals surface area contributed by atoms with Gasteiger partial charge in [-0.25, -0.2) is 18.4 Å². The van der Waals surface area contributed by atoms with Crippen LogP contribution in [0.15, 0.2) is 11.5 Å². The Hall–Kier alpha value is -0.880. The zero-order chi connectivity index (χ0) is 8.20. The van der Waals surface area contributed by atoms with Crippen molar-refractivity contribution in [2.75, 3.05) is 7.11 Å². The average molecular weight is 165 g/mol. The van der Waals surface area contributed by atoms with E-state index < -0.39 is 16.0 Å². The molecular formula is C4H7NO4S. The zero-order valence-electron chi connectivity index (χ0n) is 5.27. The minimum absolute atomic E-state index is 0.568. The zero-order valence-corrected chi connectivity index (χ0v) is 6.09. The van der Waals surface area contributed by atoms with Crippen molar-refractivity contribution in [1.29, 1.82) is 0 Å². The molecule has 0 saturated heterocycles. The summed E-state index contributed by atoms with van der Waals surface area (Å²) < 4.78 is 24.4. The van der Waals surface area contributed by atoms with Crippen molar-refractivity contribution in [3.63, 3.8) is 0 Å². The monoisotopic (exact) mass is 165 g/mol. The number of hydrogen-bond donors (Lipinski definition) is 1. The van der Waals surface area contributed by atoms with Crippen LogP contribution in [0, 0.1) is 0 Å². The molecule has 58 valence electrons. The average Bonchev–Trinajstić information content (AvgIpc) is 1.81. The van der Waals surface area contributed by atoms with Crippen LogP contribution in [0.4, 0.5) is 0 Å². The molecule has 0 spiro atoms. The number of ether oxygens (including phenoxy) is 1. The predicted molar refractivity (Wildman–Crippen MR) is 34.3 cm³/mol. The largest absolute Gasteiger partial charge is 0.466 e. The van der Waals surface area contributed by atoms with Gasteiger partial charge in [0.25, 0.3) is 0 Å². The van der Waals surface area contributed by atoms with Gasteiger partial charge in [-0.2, -0.15) is 0 Å². The van der Waals surface area contributed by atoms with Gasteiger partial charge in [-0.3, -0.25) is 0 Å². The molecule has 0 unspecified atom stereocenters. The van der Waals surface area contributed by atoms with Gasteiger partial charge >= 0.3 is 5.97 Å². The quantitative estimate of drug-likeness (QED) is 0.418. The third-order valence-electron chi connectivity index (χ3n) is 0.595. The van der Waals surface area contributed by atoms with Crippen LogP contribution in [0.3, 0.4) is 0 Å². The van der Waals surface area contributed by atoms with Crippen LogP contribution in [0.5, 0.6) is 0 Å². The maximum absolute atomic E-state index is 10.2. The standard InChI is InChI=1S/C4H7NO4S/c1-9-4(6)2-3-10(5,7)8/h2-3H,1H3,(H2,5,7,8)/b3-2+. The molecular weight excluding hydrogens is 158 g/mol. The summed E-state index contributed by atoms with van der Waals surface area (Å²) in [5.41, 5.74) is 0. The summed E-state index contributed by atoms with van der Waals surface area (Å²) in [6.45, 7) is 0. The number of rotatable bonds is 2. The first-order chi connectivity index (χ1) is 4.45. The fraction of sp³-hybridized carbons (Fsp3) is 0.250. The number of carbonyl (C=O) groups excluding carboxylic acids is 1. The lowest BCUT2D eigenvalue weighted by Crippen LogP contribution is -2.08. The van der Waals surface area contributed by atoms with Gasteiger partial charge in [-0.1, -0.05) is 0 Å². The maximum Gasteiger partial charge on any atom is 0.331 e. The summed E-state index contributed by atoms with van der Waals surface area (Å²) in [7, 11) is -2.58. The summed E-state index contributed by atoms with van der Waals surface area (Å²) in [4.78, 5) is 10.2. The van der Waals surface area contributed by atoms with Crippen molar-refractivity contribution in [2.45, 2.75) is 0 Å². The van der Waals surface area contributed by atoms with E-state index in [0.29, 0.717) is 5.41 Å². The van der Waals surface area contributed by atoms with Crippen molar-refractivity contribution >= 4 is 16.0 Å². The highest BCUT2D eigenvalue weighted by Crippen LogP contribution is 1.82. The molecule has 0 aromatic rings. The Morgan fingerprint density at radius 3 is 2.40 bits per heavy atom. The molecule has 0 fully saturated rings. The Labute approximate surface area is 58.5 Å². The molecule has 6 heteroatoms. The van der Waals surface area contributed by atoms with Crippen molar-refractivity contribution in [3.05, 3.63) is 11.5 Å². The molecule has 0 aliphatic heterocycles. The number of methoxy groups -OCH3 is 1. The van der Waals surface area contributed by atoms with Crippen LogP contribution in [-0.4, -0.2) is 21.5 Å². The second-order valence-electron chi connectivity index (χ2n) is 1.41. The molecule has 0 heterocycles. The summed E-state index contributed by atoms with van der Waals surface area (Å²) in [6, 6.07) is 0. The van der Waals surface area contributed by atoms with Gasteiger partial charge in [-0.05, 0) is 0 Å². The third kappa shape index (κ3) is 5.26. The van der Waals surface area contributed by atoms with Crippen molar-refractivity contribution in [1.82, 2.24) is 0 Å². The molecule has 0 aliphatic rings. The predicted octanol–water partition coefficient (Wildman–Crippen LogP) is -1.04. The Kier molecular flexibility index (Phi) is 3.04. The molecule has 0 saturated carbocycles. The lowest BCUT2D eigenvalue weighted by atomic mass is 10.7. The van der Waals surface area contributed by atoms with E-state index in [1.54, 1.807) is 0 Å². The van der Waals surface area contributed by atoms with E-state index in [0.717, 1.165) is 13.2 Å². The minimum atomic E-state index is -3.71. The van der Waals surface area contributed by atoms with Gasteiger partial charge in [0.2, 0.25) is 10.0 Å². The maximum atomic E-state index is 10.2. The van der Waals surface area contributed by atoms with E-state index in [1.165, 1.54) is 0 Å². The van der Waals surface area contributed by atoms with Crippen LogP contribution in [-0.2, 0) is 19.6 Å². The SMILES string of the molecule is COC(=O)/C=C/S(N)(=O)=O. The summed E-state index contributed by atoms with van der Waals surface area (Å²) in [6.07, 6.45) is 0.731. The van der Waals surface area contributed by atoms with Gasteiger partial charge in [0, 0.05) is 6.08 Å². The van der Waals surface area contributed by atoms with Crippen LogP contribution in [0.25, 0.3) is 0 Å². The van der Waals surface area contributed by atoms with E-state index in [9.17, 15) is 13.2 Å². The number of primary sulfonamides is 1. The Morgan fingerprint density at radius 2 is 2.10 bits per heavy atom.